The van der Waals surface area contributed by atoms with Crippen LogP contribution in [0.15, 0.2) is 24.3 Å². The van der Waals surface area contributed by atoms with Crippen molar-refractivity contribution >= 4 is 21.8 Å². The van der Waals surface area contributed by atoms with Crippen LogP contribution in [0.1, 0.15) is 37.9 Å². The van der Waals surface area contributed by atoms with E-state index >= 15 is 0 Å². The maximum Gasteiger partial charge on any atom is 0.237 e. The highest BCUT2D eigenvalue weighted by molar-refractivity contribution is 9.10. The van der Waals surface area contributed by atoms with Gasteiger partial charge in [-0.2, -0.15) is 0 Å². The Hall–Kier alpha value is -0.940. The Morgan fingerprint density at radius 3 is 2.47 bits per heavy atom. The van der Waals surface area contributed by atoms with E-state index in [2.05, 4.69) is 21.2 Å². The lowest BCUT2D eigenvalue weighted by Gasteiger charge is -2.36. The predicted octanol–water partition coefficient (Wildman–Crippen LogP) is 2.68. The molecule has 1 aliphatic carbocycles. The molecule has 2 rings (SSSR count). The maximum absolute atomic E-state index is 12.8. The van der Waals surface area contributed by atoms with Crippen molar-refractivity contribution in [3.63, 3.8) is 0 Å². The second-order valence-electron chi connectivity index (χ2n) is 5.08. The first kappa shape index (κ1) is 14.5. The van der Waals surface area contributed by atoms with Crippen molar-refractivity contribution in [2.45, 2.75) is 42.7 Å². The molecule has 3 nitrogen and oxygen atoms in total. The van der Waals surface area contributed by atoms with E-state index in [4.69, 9.17) is 0 Å². The molecule has 1 aromatic rings. The molecule has 0 spiro atoms. The zero-order chi connectivity index (χ0) is 14.0. The van der Waals surface area contributed by atoms with Crippen molar-refractivity contribution in [3.8, 4) is 0 Å². The standard InChI is InChI=1S/C14H17BrFNO2/c1-9(17-13(19)14(15)7-2-8-14)12(18)10-3-5-11(16)6-4-10/h3-6,9,12,18H,2,7-8H2,1H3,(H,17,19). The quantitative estimate of drug-likeness (QED) is 0.834. The van der Waals surface area contributed by atoms with E-state index in [1.165, 1.54) is 24.3 Å². The van der Waals surface area contributed by atoms with Gasteiger partial charge in [0.05, 0.1) is 12.1 Å². The summed E-state index contributed by atoms with van der Waals surface area (Å²) in [6.45, 7) is 1.74. The number of aliphatic hydroxyl groups is 1. The predicted molar refractivity (Wildman–Crippen MR) is 74.5 cm³/mol. The van der Waals surface area contributed by atoms with Gasteiger partial charge < -0.3 is 10.4 Å². The molecule has 1 amide bonds. The molecule has 5 heteroatoms. The minimum atomic E-state index is -0.847. The van der Waals surface area contributed by atoms with Crippen LogP contribution in [-0.2, 0) is 4.79 Å². The van der Waals surface area contributed by atoms with E-state index in [0.717, 1.165) is 19.3 Å². The fraction of sp³-hybridized carbons (Fsp3) is 0.500. The van der Waals surface area contributed by atoms with Crippen LogP contribution >= 0.6 is 15.9 Å². The Kier molecular flexibility index (Phi) is 4.26. The summed E-state index contributed by atoms with van der Waals surface area (Å²) < 4.78 is 12.3. The van der Waals surface area contributed by atoms with E-state index < -0.39 is 16.5 Å². The Morgan fingerprint density at radius 1 is 1.42 bits per heavy atom. The number of hydrogen-bond donors (Lipinski definition) is 2. The Morgan fingerprint density at radius 2 is 2.00 bits per heavy atom. The van der Waals surface area contributed by atoms with Crippen LogP contribution in [0.25, 0.3) is 0 Å². The molecule has 1 fully saturated rings. The SMILES string of the molecule is CC(NC(=O)C1(Br)CCC1)C(O)c1ccc(F)cc1. The highest BCUT2D eigenvalue weighted by Crippen LogP contribution is 2.40. The molecule has 1 aromatic carbocycles. The van der Waals surface area contributed by atoms with Gasteiger partial charge in [0.15, 0.2) is 0 Å². The zero-order valence-corrected chi connectivity index (χ0v) is 12.3. The lowest BCUT2D eigenvalue weighted by Crippen LogP contribution is -2.50. The van der Waals surface area contributed by atoms with E-state index in [-0.39, 0.29) is 11.7 Å². The smallest absolute Gasteiger partial charge is 0.237 e. The molecule has 0 bridgehead atoms. The van der Waals surface area contributed by atoms with E-state index in [9.17, 15) is 14.3 Å². The van der Waals surface area contributed by atoms with Gasteiger partial charge in [0.1, 0.15) is 10.1 Å². The van der Waals surface area contributed by atoms with Crippen LogP contribution in [0.2, 0.25) is 0 Å². The summed E-state index contributed by atoms with van der Waals surface area (Å²) in [5, 5.41) is 12.9. The second-order valence-corrected chi connectivity index (χ2v) is 6.60. The van der Waals surface area contributed by atoms with Crippen molar-refractivity contribution < 1.29 is 14.3 Å². The number of hydrogen-bond acceptors (Lipinski definition) is 2. The van der Waals surface area contributed by atoms with Gasteiger partial charge in [-0.05, 0) is 43.9 Å². The largest absolute Gasteiger partial charge is 0.386 e. The van der Waals surface area contributed by atoms with Gasteiger partial charge in [0, 0.05) is 0 Å². The van der Waals surface area contributed by atoms with Crippen molar-refractivity contribution in [3.05, 3.63) is 35.6 Å². The topological polar surface area (TPSA) is 49.3 Å². The molecular weight excluding hydrogens is 313 g/mol. The van der Waals surface area contributed by atoms with E-state index in [0.29, 0.717) is 5.56 Å². The van der Waals surface area contributed by atoms with Gasteiger partial charge in [-0.1, -0.05) is 28.1 Å². The lowest BCUT2D eigenvalue weighted by molar-refractivity contribution is -0.126. The molecule has 19 heavy (non-hydrogen) atoms. The average Bonchev–Trinajstić information content (AvgIpc) is 2.35. The van der Waals surface area contributed by atoms with Crippen molar-refractivity contribution in [1.82, 2.24) is 5.32 Å². The van der Waals surface area contributed by atoms with Crippen molar-refractivity contribution in [1.29, 1.82) is 0 Å². The normalized spacial score (nSPS) is 20.2. The summed E-state index contributed by atoms with van der Waals surface area (Å²) in [6.07, 6.45) is 1.82. The number of carbonyl (C=O) groups excluding carboxylic acids is 1. The Balaban J connectivity index is 1.97. The lowest BCUT2D eigenvalue weighted by atomic mass is 9.84. The molecule has 0 aromatic heterocycles. The van der Waals surface area contributed by atoms with Crippen LogP contribution in [-0.4, -0.2) is 21.4 Å². The van der Waals surface area contributed by atoms with Crippen molar-refractivity contribution in [2.75, 3.05) is 0 Å². The number of alkyl halides is 1. The maximum atomic E-state index is 12.8. The summed E-state index contributed by atoms with van der Waals surface area (Å²) in [5.74, 6) is -0.436. The molecular formula is C14H17BrFNO2. The van der Waals surface area contributed by atoms with Crippen LogP contribution in [0, 0.1) is 5.82 Å². The third-order valence-corrected chi connectivity index (χ3v) is 4.75. The van der Waals surface area contributed by atoms with Crippen molar-refractivity contribution in [2.24, 2.45) is 0 Å². The van der Waals surface area contributed by atoms with Gasteiger partial charge in [-0.15, -0.1) is 0 Å². The fourth-order valence-electron chi connectivity index (χ4n) is 2.08. The Bertz CT molecular complexity index is 459. The van der Waals surface area contributed by atoms with E-state index in [1.54, 1.807) is 6.92 Å². The zero-order valence-electron chi connectivity index (χ0n) is 10.7. The number of aliphatic hydroxyl groups excluding tert-OH is 1. The number of carbonyl (C=O) groups is 1. The molecule has 1 aliphatic rings. The van der Waals surface area contributed by atoms with Crippen LogP contribution in [0.4, 0.5) is 4.39 Å². The summed E-state index contributed by atoms with van der Waals surface area (Å²) in [4.78, 5) is 12.0. The van der Waals surface area contributed by atoms with Gasteiger partial charge in [-0.25, -0.2) is 4.39 Å². The third-order valence-electron chi connectivity index (χ3n) is 3.60. The number of nitrogens with one attached hydrogen (secondary N) is 1. The number of amides is 1. The van der Waals surface area contributed by atoms with Gasteiger partial charge >= 0.3 is 0 Å². The first-order valence-electron chi connectivity index (χ1n) is 6.36. The fourth-order valence-corrected chi connectivity index (χ4v) is 2.75. The molecule has 0 heterocycles. The molecule has 0 radical (unpaired) electrons. The van der Waals surface area contributed by atoms with Crippen LogP contribution in [0.5, 0.6) is 0 Å². The first-order valence-corrected chi connectivity index (χ1v) is 7.15. The second kappa shape index (κ2) is 5.59. The Labute approximate surface area is 120 Å². The first-order chi connectivity index (χ1) is 8.92. The van der Waals surface area contributed by atoms with Crippen LogP contribution < -0.4 is 5.32 Å². The number of halogens is 2. The number of benzene rings is 1. The molecule has 2 N–H and O–H groups in total. The summed E-state index contributed by atoms with van der Waals surface area (Å²) >= 11 is 3.43. The molecule has 0 saturated heterocycles. The molecule has 0 aliphatic heterocycles. The summed E-state index contributed by atoms with van der Waals surface area (Å²) in [7, 11) is 0. The molecule has 2 atom stereocenters. The molecule has 1 saturated carbocycles. The highest BCUT2D eigenvalue weighted by atomic mass is 79.9. The minimum Gasteiger partial charge on any atom is -0.386 e. The average molecular weight is 330 g/mol. The third kappa shape index (κ3) is 3.15. The van der Waals surface area contributed by atoms with Crippen LogP contribution in [0.3, 0.4) is 0 Å². The van der Waals surface area contributed by atoms with E-state index in [1.807, 2.05) is 0 Å². The molecule has 104 valence electrons. The van der Waals surface area contributed by atoms with Gasteiger partial charge in [0.2, 0.25) is 5.91 Å². The minimum absolute atomic E-state index is 0.0904. The number of rotatable bonds is 4. The molecule has 2 unspecified atom stereocenters. The monoisotopic (exact) mass is 329 g/mol. The van der Waals surface area contributed by atoms with Gasteiger partial charge in [-0.3, -0.25) is 4.79 Å². The summed E-state index contributed by atoms with van der Waals surface area (Å²) in [5.41, 5.74) is 0.589. The van der Waals surface area contributed by atoms with Gasteiger partial charge in [0.25, 0.3) is 0 Å². The summed E-state index contributed by atoms with van der Waals surface area (Å²) in [6, 6.07) is 5.22. The highest BCUT2D eigenvalue weighted by Gasteiger charge is 2.42.